The minimum absolute atomic E-state index is 0.214. The van der Waals surface area contributed by atoms with E-state index >= 15 is 0 Å². The number of carbonyl (C=O) groups is 1. The topological polar surface area (TPSA) is 51.2 Å². The van der Waals surface area contributed by atoms with Crippen molar-refractivity contribution < 1.29 is 28.4 Å². The maximum atomic E-state index is 12.4. The number of pyridine rings is 1. The predicted molar refractivity (Wildman–Crippen MR) is 104 cm³/mol. The Balaban J connectivity index is 1.75. The first-order valence-electron chi connectivity index (χ1n) is 9.46. The molecule has 29 heavy (non-hydrogen) atoms. The molecule has 2 atom stereocenters. The van der Waals surface area contributed by atoms with Crippen LogP contribution in [-0.2, 0) is 11.3 Å². The summed E-state index contributed by atoms with van der Waals surface area (Å²) >= 11 is 1.71. The van der Waals surface area contributed by atoms with Crippen LogP contribution in [0.1, 0.15) is 42.2 Å². The molecule has 5 nitrogen and oxygen atoms in total. The fourth-order valence-electron chi connectivity index (χ4n) is 3.39. The third-order valence-corrected chi connectivity index (χ3v) is 6.49. The van der Waals surface area contributed by atoms with Crippen LogP contribution in [0, 0.1) is 0 Å². The number of thioether (sulfide) groups is 1. The van der Waals surface area contributed by atoms with Gasteiger partial charge in [0, 0.05) is 18.0 Å². The number of aldehydes is 1. The van der Waals surface area contributed by atoms with Crippen LogP contribution in [0.5, 0.6) is 5.75 Å². The maximum Gasteiger partial charge on any atom is 0.435 e. The molecule has 0 saturated heterocycles. The molecule has 1 saturated carbocycles. The second-order valence-corrected chi connectivity index (χ2v) is 8.33. The molecule has 1 fully saturated rings. The van der Waals surface area contributed by atoms with E-state index in [-0.39, 0.29) is 11.0 Å². The number of benzene rings is 1. The lowest BCUT2D eigenvalue weighted by Gasteiger charge is -2.26. The maximum absolute atomic E-state index is 12.4. The Kier molecular flexibility index (Phi) is 7.51. The fraction of sp³-hybridized carbons (Fsp3) is 0.400. The Labute approximate surface area is 171 Å². The highest BCUT2D eigenvalue weighted by molar-refractivity contribution is 8.00. The molecule has 1 heterocycles. The van der Waals surface area contributed by atoms with Crippen molar-refractivity contribution >= 4 is 18.0 Å². The van der Waals surface area contributed by atoms with Crippen molar-refractivity contribution in [1.29, 1.82) is 0 Å². The number of halogens is 3. The van der Waals surface area contributed by atoms with Crippen LogP contribution < -0.4 is 10.2 Å². The molecule has 9 heteroatoms. The second kappa shape index (κ2) is 10.1. The minimum Gasteiger partial charge on any atom is -0.302 e. The molecule has 2 unspecified atom stereocenters. The van der Waals surface area contributed by atoms with Crippen molar-refractivity contribution in [3.63, 3.8) is 0 Å². The highest BCUT2D eigenvalue weighted by Crippen LogP contribution is 2.41. The van der Waals surface area contributed by atoms with Gasteiger partial charge in [0.05, 0.1) is 17.0 Å². The van der Waals surface area contributed by atoms with Crippen LogP contribution in [0.15, 0.2) is 48.7 Å². The molecule has 1 N–H and O–H groups in total. The molecule has 2 aromatic rings. The van der Waals surface area contributed by atoms with Gasteiger partial charge >= 0.3 is 5.31 Å². The molecule has 1 aromatic heterocycles. The zero-order chi connectivity index (χ0) is 20.7. The summed E-state index contributed by atoms with van der Waals surface area (Å²) in [5.41, 5.74) is 1.60. The van der Waals surface area contributed by atoms with Gasteiger partial charge in [-0.3, -0.25) is 4.98 Å². The Morgan fingerprint density at radius 3 is 2.48 bits per heavy atom. The van der Waals surface area contributed by atoms with E-state index in [0.717, 1.165) is 43.2 Å². The van der Waals surface area contributed by atoms with Gasteiger partial charge in [-0.2, -0.15) is 4.84 Å². The molecule has 1 aromatic carbocycles. The number of nitrogens with zero attached hydrogens (tertiary/aromatic N) is 2. The minimum atomic E-state index is -4.10. The number of nitrogens with one attached hydrogen (secondary N) is 1. The molecule has 0 spiro atoms. The van der Waals surface area contributed by atoms with Gasteiger partial charge in [0.2, 0.25) is 5.75 Å². The Bertz CT molecular complexity index is 769. The van der Waals surface area contributed by atoms with Gasteiger partial charge in [-0.1, -0.05) is 31.0 Å². The number of rotatable bonds is 10. The number of carbonyl (C=O) groups excluding carboxylic acids is 1. The van der Waals surface area contributed by atoms with Gasteiger partial charge in [0.25, 0.3) is 0 Å². The zero-order valence-electron chi connectivity index (χ0n) is 15.7. The van der Waals surface area contributed by atoms with E-state index in [4.69, 9.17) is 0 Å². The number of hydrogen-bond acceptors (Lipinski definition) is 5. The summed E-state index contributed by atoms with van der Waals surface area (Å²) in [6.45, 7) is 0.429. The van der Waals surface area contributed by atoms with E-state index in [0.29, 0.717) is 11.8 Å². The van der Waals surface area contributed by atoms with E-state index in [1.54, 1.807) is 30.1 Å². The summed E-state index contributed by atoms with van der Waals surface area (Å²) < 4.78 is 37.1. The highest BCUT2D eigenvalue weighted by Gasteiger charge is 2.35. The number of quaternary nitrogens is 1. The molecule has 3 rings (SSSR count). The second-order valence-electron chi connectivity index (χ2n) is 6.89. The van der Waals surface area contributed by atoms with Crippen molar-refractivity contribution in [2.75, 3.05) is 0 Å². The molecule has 1 aliphatic carbocycles. The van der Waals surface area contributed by atoms with E-state index < -0.39 is 11.4 Å². The summed E-state index contributed by atoms with van der Waals surface area (Å²) in [5.74, 6) is -0.296. The average molecular weight is 426 g/mol. The first kappa shape index (κ1) is 21.6. The normalized spacial score (nSPS) is 17.1. The monoisotopic (exact) mass is 426 g/mol. The molecular formula is C20H23F3N3O2S+. The standard InChI is InChI=1S/C20H23F3N3O2S/c21-26(22,23)28-17-10-8-15(9-11-17)20(29-18-6-1-2-7-18)19(14-27)25-13-16-5-3-4-12-24-16/h3-5,8-12,14,18-20,25H,1-2,6-7,13H2/q+1. The largest absolute Gasteiger partial charge is 0.435 e. The van der Waals surface area contributed by atoms with Crippen LogP contribution in [0.4, 0.5) is 13.4 Å². The van der Waals surface area contributed by atoms with Gasteiger partial charge in [-0.05, 0) is 42.7 Å². The van der Waals surface area contributed by atoms with Gasteiger partial charge in [-0.25, -0.2) is 0 Å². The van der Waals surface area contributed by atoms with Gasteiger partial charge in [0.1, 0.15) is 19.7 Å². The molecule has 0 aliphatic heterocycles. The molecule has 1 aliphatic rings. The number of hydrogen-bond donors (Lipinski definition) is 1. The van der Waals surface area contributed by atoms with E-state index in [2.05, 4.69) is 15.1 Å². The van der Waals surface area contributed by atoms with Crippen molar-refractivity contribution in [2.45, 2.75) is 48.8 Å². The lowest BCUT2D eigenvalue weighted by molar-refractivity contribution is -1.37. The summed E-state index contributed by atoms with van der Waals surface area (Å²) in [6.07, 6.45) is 7.04. The van der Waals surface area contributed by atoms with Gasteiger partial charge in [0.15, 0.2) is 0 Å². The number of aromatic nitrogens is 1. The van der Waals surface area contributed by atoms with E-state index in [1.807, 2.05) is 18.2 Å². The van der Waals surface area contributed by atoms with E-state index in [9.17, 15) is 18.2 Å². The van der Waals surface area contributed by atoms with Crippen molar-refractivity contribution in [1.82, 2.24) is 10.3 Å². The van der Waals surface area contributed by atoms with Crippen molar-refractivity contribution in [3.05, 3.63) is 59.9 Å². The van der Waals surface area contributed by atoms with Crippen LogP contribution in [-0.4, -0.2) is 27.9 Å². The SMILES string of the molecule is O=CC(NCc1ccccn1)C(SC1CCCC1)c1ccc(O[N+](F)(F)F)cc1. The van der Waals surface area contributed by atoms with E-state index in [1.165, 1.54) is 12.1 Å². The van der Waals surface area contributed by atoms with Crippen LogP contribution in [0.3, 0.4) is 0 Å². The lowest BCUT2D eigenvalue weighted by Crippen LogP contribution is -2.35. The van der Waals surface area contributed by atoms with Crippen LogP contribution >= 0.6 is 11.8 Å². The average Bonchev–Trinajstić information content (AvgIpc) is 3.21. The first-order valence-corrected chi connectivity index (χ1v) is 10.4. The third-order valence-electron chi connectivity index (χ3n) is 4.78. The lowest BCUT2D eigenvalue weighted by atomic mass is 10.1. The third kappa shape index (κ3) is 6.73. The predicted octanol–water partition coefficient (Wildman–Crippen LogP) is 4.92. The van der Waals surface area contributed by atoms with Crippen LogP contribution in [0.25, 0.3) is 0 Å². The van der Waals surface area contributed by atoms with Crippen molar-refractivity contribution in [2.24, 2.45) is 0 Å². The summed E-state index contributed by atoms with van der Waals surface area (Å²) in [7, 11) is 0. The summed E-state index contributed by atoms with van der Waals surface area (Å²) in [5, 5.41) is -0.632. The quantitative estimate of drug-likeness (QED) is 0.332. The van der Waals surface area contributed by atoms with Gasteiger partial charge in [-0.15, -0.1) is 11.8 Å². The Hall–Kier alpha value is -2.10. The molecule has 0 bridgehead atoms. The first-order chi connectivity index (χ1) is 13.9. The van der Waals surface area contributed by atoms with Crippen LogP contribution in [0.2, 0.25) is 0 Å². The summed E-state index contributed by atoms with van der Waals surface area (Å²) in [6, 6.07) is 10.8. The molecular weight excluding hydrogens is 403 g/mol. The van der Waals surface area contributed by atoms with Crippen molar-refractivity contribution in [3.8, 4) is 5.75 Å². The zero-order valence-corrected chi connectivity index (χ0v) is 16.5. The molecule has 0 amide bonds. The summed E-state index contributed by atoms with van der Waals surface area (Å²) in [4.78, 5) is 20.1. The highest BCUT2D eigenvalue weighted by atomic mass is 32.2. The molecule has 0 radical (unpaired) electrons. The van der Waals surface area contributed by atoms with Gasteiger partial charge < -0.3 is 10.1 Å². The Morgan fingerprint density at radius 1 is 1.17 bits per heavy atom. The smallest absolute Gasteiger partial charge is 0.302 e. The Morgan fingerprint density at radius 2 is 1.90 bits per heavy atom. The molecule has 156 valence electrons. The fourth-order valence-corrected chi connectivity index (χ4v) is 5.06.